The number of aromatic carboxylic acids is 1. The van der Waals surface area contributed by atoms with Gasteiger partial charge in [0.2, 0.25) is 17.2 Å². The molecule has 3 aromatic carbocycles. The fourth-order valence-electron chi connectivity index (χ4n) is 7.14. The lowest BCUT2D eigenvalue weighted by Gasteiger charge is -2.35. The Kier molecular flexibility index (Phi) is 15.7. The minimum absolute atomic E-state index is 0.0363. The van der Waals surface area contributed by atoms with Crippen molar-refractivity contribution in [3.63, 3.8) is 0 Å². The number of aryl methyl sites for hydroxylation is 1. The first kappa shape index (κ1) is 46.6. The summed E-state index contributed by atoms with van der Waals surface area (Å²) in [7, 11) is 0. The van der Waals surface area contributed by atoms with E-state index in [2.05, 4.69) is 21.3 Å². The summed E-state index contributed by atoms with van der Waals surface area (Å²) in [5.41, 5.74) is 6.31. The molecular formula is C45H49FN8O11. The van der Waals surface area contributed by atoms with Gasteiger partial charge >= 0.3 is 24.2 Å². The molecule has 6 amide bonds. The Hall–Kier alpha value is -7.90. The van der Waals surface area contributed by atoms with Gasteiger partial charge < -0.3 is 60.4 Å². The van der Waals surface area contributed by atoms with Crippen LogP contribution in [0.5, 0.6) is 0 Å². The number of hydrogen-bond acceptors (Lipinski definition) is 11. The molecule has 19 nitrogen and oxygen atoms in total. The van der Waals surface area contributed by atoms with Crippen molar-refractivity contribution < 1.29 is 52.2 Å². The molecule has 1 saturated heterocycles. The van der Waals surface area contributed by atoms with Gasteiger partial charge in [0.1, 0.15) is 42.4 Å². The number of furan rings is 1. The molecule has 0 radical (unpaired) electrons. The third-order valence-corrected chi connectivity index (χ3v) is 10.6. The van der Waals surface area contributed by atoms with Crippen LogP contribution in [-0.2, 0) is 45.2 Å². The molecule has 0 bridgehead atoms. The van der Waals surface area contributed by atoms with Crippen LogP contribution in [0.3, 0.4) is 0 Å². The monoisotopic (exact) mass is 896 g/mol. The van der Waals surface area contributed by atoms with E-state index >= 15 is 4.39 Å². The Morgan fingerprint density at radius 2 is 1.57 bits per heavy atom. The molecule has 5 aromatic rings. The van der Waals surface area contributed by atoms with E-state index in [9.17, 15) is 38.7 Å². The molecule has 2 aromatic heterocycles. The van der Waals surface area contributed by atoms with Gasteiger partial charge in [0.05, 0.1) is 17.5 Å². The maximum Gasteiger partial charge on any atom is 0.410 e. The van der Waals surface area contributed by atoms with Crippen molar-refractivity contribution in [2.75, 3.05) is 42.9 Å². The van der Waals surface area contributed by atoms with Crippen LogP contribution in [0.1, 0.15) is 47.0 Å². The SMILES string of the molecule is CCn1cc(C(=O)O)c(=O)c2cc(F)c(N3CCN(C(=O)OCc4ccc(NC(=O)[C@H](CCCNC(N)=O)NC(=O)[C@H](Cc5ccco5)NC(=O)OCc5ccccc5)cc4)CC3)cc21. The van der Waals surface area contributed by atoms with Crippen molar-refractivity contribution >= 4 is 58.3 Å². The van der Waals surface area contributed by atoms with E-state index in [4.69, 9.17) is 19.6 Å². The number of nitrogens with zero attached hydrogens (tertiary/aromatic N) is 3. The number of alkyl carbamates (subject to hydrolysis) is 1. The van der Waals surface area contributed by atoms with E-state index < -0.39 is 64.9 Å². The van der Waals surface area contributed by atoms with Crippen LogP contribution >= 0.6 is 0 Å². The smallest absolute Gasteiger partial charge is 0.410 e. The van der Waals surface area contributed by atoms with E-state index in [1.165, 1.54) is 23.4 Å². The first-order valence-corrected chi connectivity index (χ1v) is 20.8. The van der Waals surface area contributed by atoms with Gasteiger partial charge in [-0.3, -0.25) is 14.4 Å². The molecule has 342 valence electrons. The number of nitrogens with one attached hydrogen (secondary N) is 4. The van der Waals surface area contributed by atoms with Crippen molar-refractivity contribution in [1.82, 2.24) is 25.4 Å². The molecule has 65 heavy (non-hydrogen) atoms. The second-order valence-corrected chi connectivity index (χ2v) is 15.0. The van der Waals surface area contributed by atoms with Crippen LogP contribution < -0.4 is 37.3 Å². The predicted octanol–water partition coefficient (Wildman–Crippen LogP) is 4.32. The number of carbonyl (C=O) groups excluding carboxylic acids is 5. The first-order valence-electron chi connectivity index (χ1n) is 20.8. The molecule has 0 unspecified atom stereocenters. The van der Waals surface area contributed by atoms with Crippen molar-refractivity contribution in [3.8, 4) is 0 Å². The molecule has 3 heterocycles. The average Bonchev–Trinajstić information content (AvgIpc) is 3.82. The highest BCUT2D eigenvalue weighted by atomic mass is 19.1. The highest BCUT2D eigenvalue weighted by molar-refractivity contribution is 5.98. The second-order valence-electron chi connectivity index (χ2n) is 15.0. The summed E-state index contributed by atoms with van der Waals surface area (Å²) in [5, 5.41) is 19.9. The number of carbonyl (C=O) groups is 6. The number of benzene rings is 3. The van der Waals surface area contributed by atoms with Gasteiger partial charge in [0.15, 0.2) is 0 Å². The Bertz CT molecular complexity index is 2550. The number of pyridine rings is 1. The predicted molar refractivity (Wildman–Crippen MR) is 235 cm³/mol. The van der Waals surface area contributed by atoms with Crippen LogP contribution in [0.15, 0.2) is 101 Å². The summed E-state index contributed by atoms with van der Waals surface area (Å²) in [6.07, 6.45) is 1.52. The highest BCUT2D eigenvalue weighted by Gasteiger charge is 2.29. The molecule has 2 atom stereocenters. The average molecular weight is 897 g/mol. The number of halogens is 1. The van der Waals surface area contributed by atoms with Gasteiger partial charge in [-0.25, -0.2) is 23.6 Å². The van der Waals surface area contributed by atoms with Gasteiger partial charge in [-0.2, -0.15) is 0 Å². The van der Waals surface area contributed by atoms with Crippen LogP contribution in [0.2, 0.25) is 0 Å². The van der Waals surface area contributed by atoms with E-state index in [1.807, 2.05) is 6.07 Å². The van der Waals surface area contributed by atoms with Crippen LogP contribution in [0.4, 0.5) is 30.1 Å². The van der Waals surface area contributed by atoms with Crippen molar-refractivity contribution in [3.05, 3.63) is 130 Å². The summed E-state index contributed by atoms with van der Waals surface area (Å²) in [4.78, 5) is 92.0. The number of nitrogens with two attached hydrogens (primary N) is 1. The zero-order valence-corrected chi connectivity index (χ0v) is 35.4. The largest absolute Gasteiger partial charge is 0.477 e. The molecule has 0 aliphatic carbocycles. The Morgan fingerprint density at radius 1 is 0.862 bits per heavy atom. The van der Waals surface area contributed by atoms with Gasteiger partial charge in [0, 0.05) is 63.0 Å². The summed E-state index contributed by atoms with van der Waals surface area (Å²) in [6, 6.07) is 18.2. The number of urea groups is 1. The van der Waals surface area contributed by atoms with Gasteiger partial charge in [-0.15, -0.1) is 0 Å². The lowest BCUT2D eigenvalue weighted by Crippen LogP contribution is -2.53. The highest BCUT2D eigenvalue weighted by Crippen LogP contribution is 2.27. The van der Waals surface area contributed by atoms with Gasteiger partial charge in [0.25, 0.3) is 0 Å². The number of aromatic nitrogens is 1. The number of piperazine rings is 1. The fraction of sp³-hybridized carbons (Fsp3) is 0.311. The maximum atomic E-state index is 15.4. The number of ether oxygens (including phenoxy) is 2. The van der Waals surface area contributed by atoms with Crippen molar-refractivity contribution in [2.45, 2.75) is 58.0 Å². The summed E-state index contributed by atoms with van der Waals surface area (Å²) in [5.74, 6) is -2.96. The summed E-state index contributed by atoms with van der Waals surface area (Å²) < 4.78 is 33.2. The Morgan fingerprint density at radius 3 is 2.23 bits per heavy atom. The number of hydrogen-bond donors (Lipinski definition) is 6. The topological polar surface area (TPSA) is 257 Å². The minimum atomic E-state index is -1.39. The molecule has 1 fully saturated rings. The normalized spacial score (nSPS) is 13.3. The molecule has 0 saturated carbocycles. The molecule has 6 rings (SSSR count). The standard InChI is InChI=1S/C45H49FN8O11/c1-2-52-25-33(42(58)59)39(55)32-23-34(46)38(24-37(32)52)53-17-19-54(20-18-53)45(62)65-27-29-12-14-30(15-13-29)49-40(56)35(11-6-16-48-43(47)60)50-41(57)36(22-31-10-7-21-63-31)51-44(61)64-26-28-8-4-3-5-9-28/h3-5,7-10,12-15,21,23-25,35-36H,2,6,11,16-20,22,26-27H2,1H3,(H,49,56)(H,50,57)(H,51,61)(H,58,59)(H3,47,48,60)/t35-,36-/m0/s1. The molecule has 1 aliphatic heterocycles. The lowest BCUT2D eigenvalue weighted by molar-refractivity contribution is -0.128. The van der Waals surface area contributed by atoms with E-state index in [1.54, 1.807) is 77.1 Å². The van der Waals surface area contributed by atoms with Gasteiger partial charge in [-0.05, 0) is 67.3 Å². The van der Waals surface area contributed by atoms with Crippen molar-refractivity contribution in [2.24, 2.45) is 5.73 Å². The number of fused-ring (bicyclic) bond motifs is 1. The second kappa shape index (κ2) is 21.9. The summed E-state index contributed by atoms with van der Waals surface area (Å²) >= 11 is 0. The number of anilines is 2. The number of primary amides is 1. The summed E-state index contributed by atoms with van der Waals surface area (Å²) in [6.45, 7) is 3.09. The first-order chi connectivity index (χ1) is 31.3. The van der Waals surface area contributed by atoms with E-state index in [0.717, 1.165) is 11.6 Å². The zero-order chi connectivity index (χ0) is 46.5. The molecule has 7 N–H and O–H groups in total. The van der Waals surface area contributed by atoms with E-state index in [-0.39, 0.29) is 76.3 Å². The Balaban J connectivity index is 1.03. The number of carboxylic acid groups (broad SMARTS) is 1. The lowest BCUT2D eigenvalue weighted by atomic mass is 10.1. The zero-order valence-electron chi connectivity index (χ0n) is 35.4. The fourth-order valence-corrected chi connectivity index (χ4v) is 7.14. The maximum absolute atomic E-state index is 15.4. The van der Waals surface area contributed by atoms with Crippen LogP contribution in [0.25, 0.3) is 10.9 Å². The quantitative estimate of drug-likeness (QED) is 0.0673. The van der Waals surface area contributed by atoms with E-state index in [0.29, 0.717) is 29.1 Å². The van der Waals surface area contributed by atoms with Gasteiger partial charge in [-0.1, -0.05) is 42.5 Å². The van der Waals surface area contributed by atoms with Crippen LogP contribution in [-0.4, -0.2) is 95.4 Å². The third kappa shape index (κ3) is 12.6. The molecular weight excluding hydrogens is 848 g/mol. The number of rotatable bonds is 18. The number of carboxylic acids is 1. The molecule has 1 aliphatic rings. The minimum Gasteiger partial charge on any atom is -0.477 e. The van der Waals surface area contributed by atoms with Crippen LogP contribution in [0, 0.1) is 5.82 Å². The number of amides is 6. The Labute approximate surface area is 371 Å². The third-order valence-electron chi connectivity index (χ3n) is 10.6. The van der Waals surface area contributed by atoms with Crippen molar-refractivity contribution in [1.29, 1.82) is 0 Å². The molecule has 20 heteroatoms. The molecule has 0 spiro atoms.